The average molecular weight is 337 g/mol. The molecule has 0 aliphatic carbocycles. The molecule has 1 aliphatic rings. The summed E-state index contributed by atoms with van der Waals surface area (Å²) in [6, 6.07) is 13.2. The smallest absolute Gasteiger partial charge is 0.251 e. The van der Waals surface area contributed by atoms with Crippen LogP contribution in [0, 0.1) is 0 Å². The highest BCUT2D eigenvalue weighted by atomic mass is 16.3. The maximum absolute atomic E-state index is 12.3. The third kappa shape index (κ3) is 3.24. The molecule has 4 rings (SSSR count). The molecule has 7 heteroatoms. The number of carbonyl (C=O) groups is 1. The van der Waals surface area contributed by atoms with Crippen LogP contribution in [0.2, 0.25) is 0 Å². The molecular weight excluding hydrogens is 318 g/mol. The van der Waals surface area contributed by atoms with Crippen molar-refractivity contribution in [2.75, 3.05) is 6.54 Å². The second-order valence-electron chi connectivity index (χ2n) is 6.26. The van der Waals surface area contributed by atoms with Gasteiger partial charge >= 0.3 is 0 Å². The van der Waals surface area contributed by atoms with Crippen LogP contribution in [0.25, 0.3) is 11.0 Å². The van der Waals surface area contributed by atoms with Crippen LogP contribution in [-0.4, -0.2) is 45.1 Å². The van der Waals surface area contributed by atoms with E-state index in [4.69, 9.17) is 0 Å². The van der Waals surface area contributed by atoms with Gasteiger partial charge in [0.2, 0.25) is 0 Å². The standard InChI is InChI=1S/C18H19N5O2/c24-17(16-7-11-3-1-2-4-13(11)9-19-16)10-20-18(25)12-5-6-14-15(8-12)22-23-21-14/h1-6,8,16-17,19,24H,7,9-10H2,(H,20,25)(H,21,22,23). The SMILES string of the molecule is O=C(NCC(O)C1Cc2ccccc2CN1)c1ccc2n[nH]nc2c1. The second kappa shape index (κ2) is 6.62. The van der Waals surface area contributed by atoms with Crippen LogP contribution < -0.4 is 10.6 Å². The molecule has 7 nitrogen and oxygen atoms in total. The maximum Gasteiger partial charge on any atom is 0.251 e. The van der Waals surface area contributed by atoms with E-state index in [1.807, 2.05) is 12.1 Å². The summed E-state index contributed by atoms with van der Waals surface area (Å²) in [5.41, 5.74) is 4.35. The van der Waals surface area contributed by atoms with Crippen molar-refractivity contribution in [1.29, 1.82) is 0 Å². The lowest BCUT2D eigenvalue weighted by Crippen LogP contribution is -2.49. The number of nitrogens with zero attached hydrogens (tertiary/aromatic N) is 2. The van der Waals surface area contributed by atoms with E-state index in [-0.39, 0.29) is 18.5 Å². The van der Waals surface area contributed by atoms with Crippen molar-refractivity contribution in [2.24, 2.45) is 0 Å². The lowest BCUT2D eigenvalue weighted by atomic mass is 9.93. The van der Waals surface area contributed by atoms with E-state index in [9.17, 15) is 9.90 Å². The molecule has 1 aromatic heterocycles. The fraction of sp³-hybridized carbons (Fsp3) is 0.278. The number of hydrogen-bond donors (Lipinski definition) is 4. The van der Waals surface area contributed by atoms with Crippen LogP contribution in [0.3, 0.4) is 0 Å². The molecule has 1 aliphatic heterocycles. The van der Waals surface area contributed by atoms with Gasteiger partial charge in [0.15, 0.2) is 0 Å². The van der Waals surface area contributed by atoms with E-state index in [2.05, 4.69) is 38.2 Å². The van der Waals surface area contributed by atoms with E-state index in [1.165, 1.54) is 11.1 Å². The van der Waals surface area contributed by atoms with E-state index < -0.39 is 6.10 Å². The van der Waals surface area contributed by atoms with Gasteiger partial charge in [-0.1, -0.05) is 24.3 Å². The van der Waals surface area contributed by atoms with Gasteiger partial charge in [-0.3, -0.25) is 4.79 Å². The lowest BCUT2D eigenvalue weighted by molar-refractivity contribution is 0.0870. The molecule has 0 saturated carbocycles. The Kier molecular flexibility index (Phi) is 4.17. The van der Waals surface area contributed by atoms with Gasteiger partial charge in [-0.05, 0) is 35.7 Å². The zero-order chi connectivity index (χ0) is 17.2. The molecule has 3 aromatic rings. The first-order valence-electron chi connectivity index (χ1n) is 8.27. The summed E-state index contributed by atoms with van der Waals surface area (Å²) in [6.45, 7) is 0.921. The van der Waals surface area contributed by atoms with Crippen molar-refractivity contribution in [3.63, 3.8) is 0 Å². The number of aliphatic hydroxyl groups excluding tert-OH is 1. The van der Waals surface area contributed by atoms with Gasteiger partial charge in [-0.2, -0.15) is 15.4 Å². The summed E-state index contributed by atoms with van der Waals surface area (Å²) in [7, 11) is 0. The Morgan fingerprint density at radius 2 is 2.00 bits per heavy atom. The van der Waals surface area contributed by atoms with Crippen LogP contribution in [0.5, 0.6) is 0 Å². The molecule has 4 N–H and O–H groups in total. The summed E-state index contributed by atoms with van der Waals surface area (Å²) in [5, 5.41) is 27.0. The third-order valence-corrected chi connectivity index (χ3v) is 4.63. The molecule has 0 saturated heterocycles. The molecule has 0 bridgehead atoms. The van der Waals surface area contributed by atoms with Gasteiger partial charge in [-0.15, -0.1) is 0 Å². The Hall–Kier alpha value is -2.77. The number of hydrogen-bond acceptors (Lipinski definition) is 5. The number of nitrogens with one attached hydrogen (secondary N) is 3. The molecule has 1 amide bonds. The summed E-state index contributed by atoms with van der Waals surface area (Å²) in [5.74, 6) is -0.236. The summed E-state index contributed by atoms with van der Waals surface area (Å²) in [4.78, 5) is 12.3. The van der Waals surface area contributed by atoms with Gasteiger partial charge in [0.1, 0.15) is 11.0 Å². The first-order chi connectivity index (χ1) is 12.2. The molecule has 0 radical (unpaired) electrons. The second-order valence-corrected chi connectivity index (χ2v) is 6.26. The molecule has 128 valence electrons. The number of fused-ring (bicyclic) bond motifs is 2. The van der Waals surface area contributed by atoms with E-state index >= 15 is 0 Å². The highest BCUT2D eigenvalue weighted by Gasteiger charge is 2.24. The summed E-state index contributed by atoms with van der Waals surface area (Å²) >= 11 is 0. The van der Waals surface area contributed by atoms with Crippen LogP contribution in [0.1, 0.15) is 21.5 Å². The molecule has 2 aromatic carbocycles. The fourth-order valence-electron chi connectivity index (χ4n) is 3.17. The van der Waals surface area contributed by atoms with Gasteiger partial charge in [0.25, 0.3) is 5.91 Å². The minimum atomic E-state index is -0.659. The van der Waals surface area contributed by atoms with E-state index in [0.29, 0.717) is 16.6 Å². The van der Waals surface area contributed by atoms with Crippen molar-refractivity contribution in [2.45, 2.75) is 25.1 Å². The van der Waals surface area contributed by atoms with Gasteiger partial charge in [0.05, 0.1) is 6.10 Å². The normalized spacial score (nSPS) is 17.9. The van der Waals surface area contributed by atoms with Crippen molar-refractivity contribution in [3.8, 4) is 0 Å². The monoisotopic (exact) mass is 337 g/mol. The van der Waals surface area contributed by atoms with Crippen LogP contribution in [0.4, 0.5) is 0 Å². The Morgan fingerprint density at radius 1 is 1.20 bits per heavy atom. The number of aromatic amines is 1. The molecule has 2 atom stereocenters. The number of H-pyrrole nitrogens is 1. The van der Waals surface area contributed by atoms with Gasteiger partial charge in [-0.25, -0.2) is 0 Å². The quantitative estimate of drug-likeness (QED) is 0.563. The molecule has 2 unspecified atom stereocenters. The minimum absolute atomic E-state index is 0.0757. The first-order valence-corrected chi connectivity index (χ1v) is 8.27. The largest absolute Gasteiger partial charge is 0.390 e. The number of aromatic nitrogens is 3. The van der Waals surface area contributed by atoms with Gasteiger partial charge in [0, 0.05) is 24.7 Å². The fourth-order valence-corrected chi connectivity index (χ4v) is 3.17. The highest BCUT2D eigenvalue weighted by molar-refractivity contribution is 5.97. The molecule has 0 fully saturated rings. The molecular formula is C18H19N5O2. The van der Waals surface area contributed by atoms with Crippen LogP contribution in [0.15, 0.2) is 42.5 Å². The zero-order valence-corrected chi connectivity index (χ0v) is 13.6. The van der Waals surface area contributed by atoms with Crippen molar-refractivity contribution in [1.82, 2.24) is 26.0 Å². The number of amides is 1. The minimum Gasteiger partial charge on any atom is -0.390 e. The Bertz CT molecular complexity index is 907. The number of carbonyl (C=O) groups excluding carboxylic acids is 1. The number of aliphatic hydroxyl groups is 1. The van der Waals surface area contributed by atoms with Crippen LogP contribution in [-0.2, 0) is 13.0 Å². The Balaban J connectivity index is 1.37. The predicted octanol–water partition coefficient (Wildman–Crippen LogP) is 0.763. The van der Waals surface area contributed by atoms with Crippen molar-refractivity contribution >= 4 is 16.9 Å². The Morgan fingerprint density at radius 3 is 2.88 bits per heavy atom. The topological polar surface area (TPSA) is 103 Å². The maximum atomic E-state index is 12.3. The first kappa shape index (κ1) is 15.7. The third-order valence-electron chi connectivity index (χ3n) is 4.63. The Labute approximate surface area is 144 Å². The predicted molar refractivity (Wildman–Crippen MR) is 93.0 cm³/mol. The van der Waals surface area contributed by atoms with E-state index in [1.54, 1.807) is 18.2 Å². The van der Waals surface area contributed by atoms with E-state index in [0.717, 1.165) is 13.0 Å². The van der Waals surface area contributed by atoms with Crippen molar-refractivity contribution in [3.05, 3.63) is 59.2 Å². The van der Waals surface area contributed by atoms with Crippen LogP contribution >= 0.6 is 0 Å². The highest BCUT2D eigenvalue weighted by Crippen LogP contribution is 2.18. The number of rotatable bonds is 4. The molecule has 2 heterocycles. The average Bonchev–Trinajstić information content (AvgIpc) is 3.13. The van der Waals surface area contributed by atoms with Crippen molar-refractivity contribution < 1.29 is 9.90 Å². The zero-order valence-electron chi connectivity index (χ0n) is 13.6. The summed E-state index contributed by atoms with van der Waals surface area (Å²) in [6.07, 6.45) is 0.0889. The molecule has 0 spiro atoms. The molecule has 25 heavy (non-hydrogen) atoms. The van der Waals surface area contributed by atoms with Gasteiger partial charge < -0.3 is 15.7 Å². The summed E-state index contributed by atoms with van der Waals surface area (Å²) < 4.78 is 0. The lowest BCUT2D eigenvalue weighted by Gasteiger charge is -2.30. The number of benzene rings is 2.